The van der Waals surface area contributed by atoms with Crippen molar-refractivity contribution in [1.29, 1.82) is 0 Å². The lowest BCUT2D eigenvalue weighted by Gasteiger charge is -2.29. The maximum atomic E-state index is 13.5. The van der Waals surface area contributed by atoms with Gasteiger partial charge in [-0.3, -0.25) is 9.59 Å². The lowest BCUT2D eigenvalue weighted by molar-refractivity contribution is -0.142. The number of ether oxygens (including phenoxy) is 1. The van der Waals surface area contributed by atoms with E-state index in [1.807, 2.05) is 67.3 Å². The molecule has 2 amide bonds. The van der Waals surface area contributed by atoms with Crippen LogP contribution in [0.1, 0.15) is 44.9 Å². The predicted molar refractivity (Wildman–Crippen MR) is 151 cm³/mol. The van der Waals surface area contributed by atoms with Gasteiger partial charge in [-0.15, -0.1) is 0 Å². The van der Waals surface area contributed by atoms with Gasteiger partial charge in [-0.2, -0.15) is 0 Å². The third-order valence-electron chi connectivity index (χ3n) is 6.05. The molecule has 0 N–H and O–H groups in total. The summed E-state index contributed by atoms with van der Waals surface area (Å²) in [4.78, 5) is 30.1. The van der Waals surface area contributed by atoms with Gasteiger partial charge in [0.25, 0.3) is 5.91 Å². The zero-order valence-corrected chi connectivity index (χ0v) is 23.7. The number of unbranched alkanes of at least 4 members (excludes halogenated alkanes) is 1. The number of nitrogens with zero attached hydrogens (tertiary/aromatic N) is 3. The molecule has 0 saturated carbocycles. The van der Waals surface area contributed by atoms with Gasteiger partial charge in [-0.05, 0) is 54.3 Å². The minimum atomic E-state index is -0.181. The molecule has 0 bridgehead atoms. The van der Waals surface area contributed by atoms with Gasteiger partial charge in [0, 0.05) is 36.0 Å². The van der Waals surface area contributed by atoms with Crippen LogP contribution in [-0.2, 0) is 22.7 Å². The van der Waals surface area contributed by atoms with E-state index in [4.69, 9.17) is 4.74 Å². The largest absolute Gasteiger partial charge is 0.484 e. The minimum Gasteiger partial charge on any atom is -0.484 e. The van der Waals surface area contributed by atoms with Gasteiger partial charge in [0.15, 0.2) is 6.61 Å². The fourth-order valence-electron chi connectivity index (χ4n) is 4.08. The number of rotatable bonds is 14. The molecule has 3 rings (SSSR count). The van der Waals surface area contributed by atoms with Crippen molar-refractivity contribution in [2.24, 2.45) is 5.92 Å². The van der Waals surface area contributed by atoms with Crippen molar-refractivity contribution in [2.75, 3.05) is 26.2 Å². The molecule has 0 aliphatic carbocycles. The number of carbonyl (C=O) groups is 2. The molecule has 7 heteroatoms. The number of carbonyl (C=O) groups excluding carboxylic acids is 2. The topological polar surface area (TPSA) is 54.8 Å². The van der Waals surface area contributed by atoms with Crippen LogP contribution in [-0.4, -0.2) is 52.4 Å². The van der Waals surface area contributed by atoms with Crippen LogP contribution in [0.3, 0.4) is 0 Å². The Hall–Kier alpha value is -3.06. The van der Waals surface area contributed by atoms with Crippen LogP contribution in [0.15, 0.2) is 77.4 Å². The number of benzene rings is 2. The van der Waals surface area contributed by atoms with Gasteiger partial charge < -0.3 is 19.1 Å². The van der Waals surface area contributed by atoms with E-state index in [-0.39, 0.29) is 30.9 Å². The molecule has 0 radical (unpaired) electrons. The van der Waals surface area contributed by atoms with Gasteiger partial charge in [0.2, 0.25) is 5.91 Å². The number of hydrogen-bond donors (Lipinski definition) is 0. The predicted octanol–water partition coefficient (Wildman–Crippen LogP) is 5.99. The fraction of sp³-hybridized carbons (Fsp3) is 0.400. The average molecular weight is 569 g/mol. The first-order valence-corrected chi connectivity index (χ1v) is 13.8. The number of amides is 2. The van der Waals surface area contributed by atoms with Crippen molar-refractivity contribution in [3.05, 3.63) is 88.7 Å². The van der Waals surface area contributed by atoms with E-state index >= 15 is 0 Å². The lowest BCUT2D eigenvalue weighted by Crippen LogP contribution is -2.46. The normalized spacial score (nSPS) is 10.9. The van der Waals surface area contributed by atoms with E-state index in [0.717, 1.165) is 29.6 Å². The molecule has 0 unspecified atom stereocenters. The second-order valence-corrected chi connectivity index (χ2v) is 10.6. The second kappa shape index (κ2) is 14.6. The maximum absolute atomic E-state index is 13.5. The number of hydrogen-bond acceptors (Lipinski definition) is 3. The van der Waals surface area contributed by atoms with E-state index in [2.05, 4.69) is 51.8 Å². The molecule has 2 aromatic carbocycles. The Kier molecular flexibility index (Phi) is 11.3. The van der Waals surface area contributed by atoms with E-state index in [1.165, 1.54) is 5.56 Å². The van der Waals surface area contributed by atoms with E-state index in [0.29, 0.717) is 25.4 Å². The third kappa shape index (κ3) is 9.39. The van der Waals surface area contributed by atoms with Crippen LogP contribution in [0.4, 0.5) is 0 Å². The molecule has 0 aliphatic heterocycles. The Bertz CT molecular complexity index is 1110. The molecule has 0 fully saturated rings. The summed E-state index contributed by atoms with van der Waals surface area (Å²) in [5.74, 6) is 0.655. The van der Waals surface area contributed by atoms with Gasteiger partial charge in [0.05, 0.1) is 13.1 Å². The van der Waals surface area contributed by atoms with Crippen LogP contribution in [0.5, 0.6) is 5.75 Å². The highest BCUT2D eigenvalue weighted by molar-refractivity contribution is 9.10. The Balaban J connectivity index is 1.69. The van der Waals surface area contributed by atoms with Gasteiger partial charge in [0.1, 0.15) is 5.75 Å². The van der Waals surface area contributed by atoms with Crippen molar-refractivity contribution >= 4 is 27.7 Å². The van der Waals surface area contributed by atoms with Crippen molar-refractivity contribution < 1.29 is 14.3 Å². The average Bonchev–Trinajstić information content (AvgIpc) is 3.32. The Morgan fingerprint density at radius 1 is 0.946 bits per heavy atom. The molecule has 198 valence electrons. The van der Waals surface area contributed by atoms with E-state index < -0.39 is 0 Å². The summed E-state index contributed by atoms with van der Waals surface area (Å²) in [6, 6.07) is 21.6. The summed E-state index contributed by atoms with van der Waals surface area (Å²) in [7, 11) is 0. The van der Waals surface area contributed by atoms with Crippen molar-refractivity contribution in [2.45, 2.75) is 46.7 Å². The standard InChI is InChI=1S/C30H38BrN3O3/c1-4-5-17-33(21-27-10-9-18-32(27)20-25-13-15-26(31)16-14-25)29(35)22-34(19-24(2)3)30(36)23-37-28-11-7-6-8-12-28/h6-16,18,24H,4-5,17,19-23H2,1-3H3. The van der Waals surface area contributed by atoms with Crippen LogP contribution in [0.2, 0.25) is 0 Å². The first kappa shape index (κ1) is 28.5. The van der Waals surface area contributed by atoms with Gasteiger partial charge in [-0.1, -0.05) is 73.5 Å². The van der Waals surface area contributed by atoms with Crippen LogP contribution in [0, 0.1) is 5.92 Å². The fourth-order valence-corrected chi connectivity index (χ4v) is 4.35. The summed E-state index contributed by atoms with van der Waals surface area (Å²) in [5.41, 5.74) is 2.26. The van der Waals surface area contributed by atoms with Gasteiger partial charge >= 0.3 is 0 Å². The highest BCUT2D eigenvalue weighted by Gasteiger charge is 2.23. The second-order valence-electron chi connectivity index (χ2n) is 9.69. The molecular formula is C30H38BrN3O3. The summed E-state index contributed by atoms with van der Waals surface area (Å²) < 4.78 is 8.91. The molecule has 6 nitrogen and oxygen atoms in total. The van der Waals surface area contributed by atoms with Gasteiger partial charge in [-0.25, -0.2) is 0 Å². The molecule has 1 aromatic heterocycles. The van der Waals surface area contributed by atoms with Crippen molar-refractivity contribution in [3.8, 4) is 5.75 Å². The molecule has 0 saturated heterocycles. The van der Waals surface area contributed by atoms with Crippen LogP contribution >= 0.6 is 15.9 Å². The Labute approximate surface area is 229 Å². The number of halogens is 1. The Morgan fingerprint density at radius 2 is 1.68 bits per heavy atom. The highest BCUT2D eigenvalue weighted by Crippen LogP contribution is 2.15. The van der Waals surface area contributed by atoms with E-state index in [9.17, 15) is 9.59 Å². The van der Waals surface area contributed by atoms with Crippen LogP contribution in [0.25, 0.3) is 0 Å². The molecule has 0 atom stereocenters. The molecule has 0 aliphatic rings. The molecular weight excluding hydrogens is 530 g/mol. The lowest BCUT2D eigenvalue weighted by atomic mass is 10.2. The summed E-state index contributed by atoms with van der Waals surface area (Å²) in [5, 5.41) is 0. The molecule has 0 spiro atoms. The third-order valence-corrected chi connectivity index (χ3v) is 6.58. The summed E-state index contributed by atoms with van der Waals surface area (Å²) >= 11 is 3.49. The highest BCUT2D eigenvalue weighted by atomic mass is 79.9. The smallest absolute Gasteiger partial charge is 0.260 e. The Morgan fingerprint density at radius 3 is 2.35 bits per heavy atom. The quantitative estimate of drug-likeness (QED) is 0.240. The first-order valence-electron chi connectivity index (χ1n) is 13.0. The maximum Gasteiger partial charge on any atom is 0.260 e. The zero-order valence-electron chi connectivity index (χ0n) is 22.1. The summed E-state index contributed by atoms with van der Waals surface area (Å²) in [6.45, 7) is 8.58. The monoisotopic (exact) mass is 567 g/mol. The van der Waals surface area contributed by atoms with Crippen molar-refractivity contribution in [3.63, 3.8) is 0 Å². The molecule has 1 heterocycles. The van der Waals surface area contributed by atoms with Crippen molar-refractivity contribution in [1.82, 2.24) is 14.4 Å². The zero-order chi connectivity index (χ0) is 26.6. The number of aromatic nitrogens is 1. The SMILES string of the molecule is CCCCN(Cc1cccn1Cc1ccc(Br)cc1)C(=O)CN(CC(C)C)C(=O)COc1ccccc1. The molecule has 3 aromatic rings. The van der Waals surface area contributed by atoms with Crippen LogP contribution < -0.4 is 4.74 Å². The van der Waals surface area contributed by atoms with E-state index in [1.54, 1.807) is 4.90 Å². The molecule has 37 heavy (non-hydrogen) atoms. The minimum absolute atomic E-state index is 0.0430. The summed E-state index contributed by atoms with van der Waals surface area (Å²) in [6.07, 6.45) is 3.95. The first-order chi connectivity index (χ1) is 17.9. The number of para-hydroxylation sites is 1.